The normalized spacial score (nSPS) is 17.8. The standard InChI is InChI=1S/C13H14N2OS2/c1-7-14-9(6-17-7)12-15-8-4-13(2,3)5-10(16)11(8)18-12/h6H,4-5H2,1-3H3. The van der Waals surface area contributed by atoms with E-state index in [2.05, 4.69) is 23.8 Å². The van der Waals surface area contributed by atoms with Crippen LogP contribution in [0.5, 0.6) is 0 Å². The van der Waals surface area contributed by atoms with Crippen LogP contribution >= 0.6 is 22.7 Å². The number of thiazole rings is 2. The van der Waals surface area contributed by atoms with Crippen LogP contribution in [0.1, 0.15) is 40.6 Å². The summed E-state index contributed by atoms with van der Waals surface area (Å²) >= 11 is 3.11. The van der Waals surface area contributed by atoms with Crippen LogP contribution in [-0.4, -0.2) is 15.8 Å². The molecule has 3 rings (SSSR count). The van der Waals surface area contributed by atoms with Crippen LogP contribution in [-0.2, 0) is 6.42 Å². The van der Waals surface area contributed by atoms with Crippen molar-refractivity contribution in [3.63, 3.8) is 0 Å². The largest absolute Gasteiger partial charge is 0.293 e. The summed E-state index contributed by atoms with van der Waals surface area (Å²) < 4.78 is 0. The van der Waals surface area contributed by atoms with E-state index in [0.717, 1.165) is 32.7 Å². The first-order chi connectivity index (χ1) is 8.44. The van der Waals surface area contributed by atoms with E-state index in [-0.39, 0.29) is 11.2 Å². The molecule has 0 saturated heterocycles. The molecule has 0 saturated carbocycles. The smallest absolute Gasteiger partial charge is 0.175 e. The Hall–Kier alpha value is -1.07. The number of fused-ring (bicyclic) bond motifs is 1. The van der Waals surface area contributed by atoms with Crippen molar-refractivity contribution in [1.82, 2.24) is 9.97 Å². The van der Waals surface area contributed by atoms with Gasteiger partial charge in [-0.25, -0.2) is 9.97 Å². The molecule has 2 aromatic rings. The second kappa shape index (κ2) is 3.96. The molecule has 0 N–H and O–H groups in total. The minimum atomic E-state index is 0.0351. The molecule has 0 amide bonds. The Morgan fingerprint density at radius 1 is 1.28 bits per heavy atom. The molecule has 0 radical (unpaired) electrons. The van der Waals surface area contributed by atoms with E-state index in [1.807, 2.05) is 12.3 Å². The summed E-state index contributed by atoms with van der Waals surface area (Å²) in [6.07, 6.45) is 1.51. The third kappa shape index (κ3) is 2.01. The SMILES string of the molecule is Cc1nc(-c2nc3c(s2)C(=O)CC(C)(C)C3)cs1. The predicted octanol–water partition coefficient (Wildman–Crippen LogP) is 3.73. The minimum absolute atomic E-state index is 0.0351. The Balaban J connectivity index is 2.05. The molecular weight excluding hydrogens is 264 g/mol. The first-order valence-electron chi connectivity index (χ1n) is 5.90. The summed E-state index contributed by atoms with van der Waals surface area (Å²) in [7, 11) is 0. The molecule has 18 heavy (non-hydrogen) atoms. The predicted molar refractivity (Wildman–Crippen MR) is 74.4 cm³/mol. The van der Waals surface area contributed by atoms with Gasteiger partial charge >= 0.3 is 0 Å². The Bertz CT molecular complexity index is 625. The van der Waals surface area contributed by atoms with Crippen LogP contribution < -0.4 is 0 Å². The minimum Gasteiger partial charge on any atom is -0.293 e. The van der Waals surface area contributed by atoms with Gasteiger partial charge in [-0.15, -0.1) is 22.7 Å². The number of nitrogens with zero attached hydrogens (tertiary/aromatic N) is 2. The van der Waals surface area contributed by atoms with Crippen molar-refractivity contribution in [1.29, 1.82) is 0 Å². The van der Waals surface area contributed by atoms with Crippen molar-refractivity contribution in [3.05, 3.63) is 21.0 Å². The molecule has 94 valence electrons. The van der Waals surface area contributed by atoms with Crippen LogP contribution in [0.15, 0.2) is 5.38 Å². The monoisotopic (exact) mass is 278 g/mol. The van der Waals surface area contributed by atoms with Crippen LogP contribution in [0.25, 0.3) is 10.7 Å². The molecule has 0 fully saturated rings. The summed E-state index contributed by atoms with van der Waals surface area (Å²) in [5, 5.41) is 3.93. The van der Waals surface area contributed by atoms with Gasteiger partial charge in [0, 0.05) is 11.8 Å². The van der Waals surface area contributed by atoms with Crippen LogP contribution in [0.2, 0.25) is 0 Å². The molecule has 0 bridgehead atoms. The topological polar surface area (TPSA) is 42.9 Å². The summed E-state index contributed by atoms with van der Waals surface area (Å²) in [6, 6.07) is 0. The highest BCUT2D eigenvalue weighted by molar-refractivity contribution is 7.17. The lowest BCUT2D eigenvalue weighted by Gasteiger charge is -2.26. The van der Waals surface area contributed by atoms with Crippen molar-refractivity contribution >= 4 is 28.5 Å². The molecule has 2 heterocycles. The van der Waals surface area contributed by atoms with Gasteiger partial charge in [0.15, 0.2) is 5.78 Å². The van der Waals surface area contributed by atoms with Gasteiger partial charge in [0.1, 0.15) is 10.7 Å². The Morgan fingerprint density at radius 3 is 2.72 bits per heavy atom. The molecule has 0 atom stereocenters. The van der Waals surface area contributed by atoms with Gasteiger partial charge in [-0.05, 0) is 18.8 Å². The van der Waals surface area contributed by atoms with E-state index in [4.69, 9.17) is 0 Å². The number of ketones is 1. The zero-order valence-corrected chi connectivity index (χ0v) is 12.2. The maximum atomic E-state index is 12.1. The number of aryl methyl sites for hydroxylation is 1. The fourth-order valence-corrected chi connectivity index (χ4v) is 3.94. The maximum Gasteiger partial charge on any atom is 0.175 e. The molecule has 1 aliphatic rings. The molecule has 0 spiro atoms. The molecule has 0 aliphatic heterocycles. The Kier molecular flexibility index (Phi) is 2.64. The fourth-order valence-electron chi connectivity index (χ4n) is 2.29. The van der Waals surface area contributed by atoms with Gasteiger partial charge in [-0.2, -0.15) is 0 Å². The highest BCUT2D eigenvalue weighted by Gasteiger charge is 2.34. The van der Waals surface area contributed by atoms with E-state index in [9.17, 15) is 4.79 Å². The zero-order chi connectivity index (χ0) is 12.9. The molecular formula is C13H14N2OS2. The number of Topliss-reactive ketones (excluding diaryl/α,β-unsaturated/α-hetero) is 1. The van der Waals surface area contributed by atoms with Crippen molar-refractivity contribution < 1.29 is 4.79 Å². The Labute approximate surface area is 114 Å². The van der Waals surface area contributed by atoms with Crippen LogP contribution in [0.3, 0.4) is 0 Å². The van der Waals surface area contributed by atoms with Gasteiger partial charge in [0.05, 0.1) is 15.6 Å². The molecule has 1 aliphatic carbocycles. The first kappa shape index (κ1) is 12.0. The summed E-state index contributed by atoms with van der Waals surface area (Å²) in [6.45, 7) is 6.23. The van der Waals surface area contributed by atoms with Gasteiger partial charge in [-0.3, -0.25) is 4.79 Å². The lowest BCUT2D eigenvalue weighted by Crippen LogP contribution is -2.25. The quantitative estimate of drug-likeness (QED) is 0.798. The number of carbonyl (C=O) groups excluding carboxylic acids is 1. The molecule has 3 nitrogen and oxygen atoms in total. The number of aromatic nitrogens is 2. The average Bonchev–Trinajstić information content (AvgIpc) is 2.82. The third-order valence-electron chi connectivity index (χ3n) is 3.07. The number of rotatable bonds is 1. The first-order valence-corrected chi connectivity index (χ1v) is 7.60. The fraction of sp³-hybridized carbons (Fsp3) is 0.462. The highest BCUT2D eigenvalue weighted by atomic mass is 32.1. The lowest BCUT2D eigenvalue weighted by molar-refractivity contribution is 0.0916. The van der Waals surface area contributed by atoms with Gasteiger partial charge in [0.2, 0.25) is 0 Å². The van der Waals surface area contributed by atoms with E-state index in [1.165, 1.54) is 11.3 Å². The molecule has 0 aromatic carbocycles. The summed E-state index contributed by atoms with van der Waals surface area (Å²) in [4.78, 5) is 22.0. The summed E-state index contributed by atoms with van der Waals surface area (Å²) in [5.41, 5.74) is 1.90. The maximum absolute atomic E-state index is 12.1. The van der Waals surface area contributed by atoms with Gasteiger partial charge < -0.3 is 0 Å². The average molecular weight is 278 g/mol. The van der Waals surface area contributed by atoms with E-state index < -0.39 is 0 Å². The second-order valence-corrected chi connectivity index (χ2v) is 7.55. The number of carbonyl (C=O) groups is 1. The molecule has 0 unspecified atom stereocenters. The van der Waals surface area contributed by atoms with Crippen molar-refractivity contribution in [3.8, 4) is 10.7 Å². The van der Waals surface area contributed by atoms with E-state index in [0.29, 0.717) is 6.42 Å². The van der Waals surface area contributed by atoms with E-state index >= 15 is 0 Å². The van der Waals surface area contributed by atoms with Gasteiger partial charge in [-0.1, -0.05) is 13.8 Å². The van der Waals surface area contributed by atoms with Crippen molar-refractivity contribution in [2.45, 2.75) is 33.6 Å². The number of hydrogen-bond acceptors (Lipinski definition) is 5. The second-order valence-electron chi connectivity index (χ2n) is 5.49. The van der Waals surface area contributed by atoms with Crippen molar-refractivity contribution in [2.75, 3.05) is 0 Å². The molecule has 5 heteroatoms. The lowest BCUT2D eigenvalue weighted by atomic mass is 9.78. The summed E-state index contributed by atoms with van der Waals surface area (Å²) in [5.74, 6) is 0.233. The van der Waals surface area contributed by atoms with Crippen LogP contribution in [0.4, 0.5) is 0 Å². The van der Waals surface area contributed by atoms with Crippen molar-refractivity contribution in [2.24, 2.45) is 5.41 Å². The van der Waals surface area contributed by atoms with E-state index in [1.54, 1.807) is 11.3 Å². The highest BCUT2D eigenvalue weighted by Crippen LogP contribution is 2.39. The van der Waals surface area contributed by atoms with Crippen LogP contribution in [0, 0.1) is 12.3 Å². The van der Waals surface area contributed by atoms with Gasteiger partial charge in [0.25, 0.3) is 0 Å². The zero-order valence-electron chi connectivity index (χ0n) is 10.6. The Morgan fingerprint density at radius 2 is 2.06 bits per heavy atom. The molecule has 2 aromatic heterocycles. The third-order valence-corrected chi connectivity index (χ3v) is 5.01. The number of hydrogen-bond donors (Lipinski definition) is 0.